The van der Waals surface area contributed by atoms with Crippen molar-refractivity contribution in [1.82, 2.24) is 5.32 Å². The highest BCUT2D eigenvalue weighted by Gasteiger charge is 2.24. The normalized spacial score (nSPS) is 12.4. The van der Waals surface area contributed by atoms with Crippen molar-refractivity contribution in [3.8, 4) is 0 Å². The molecule has 0 bridgehead atoms. The summed E-state index contributed by atoms with van der Waals surface area (Å²) in [5, 5.41) is 2.70. The molecular formula is C15H20BrNO4. The molecule has 1 aromatic carbocycles. The molecule has 0 saturated heterocycles. The number of halogens is 1. The highest BCUT2D eigenvalue weighted by atomic mass is 79.9. The number of esters is 1. The van der Waals surface area contributed by atoms with Crippen molar-refractivity contribution < 1.29 is 19.1 Å². The van der Waals surface area contributed by atoms with Crippen LogP contribution >= 0.6 is 15.9 Å². The molecule has 1 atom stereocenters. The molecule has 6 heteroatoms. The number of carbonyl (C=O) groups excluding carboxylic acids is 2. The molecular weight excluding hydrogens is 338 g/mol. The average Bonchev–Trinajstić information content (AvgIpc) is 2.36. The Balaban J connectivity index is 2.91. The lowest BCUT2D eigenvalue weighted by molar-refractivity contribution is -0.141. The van der Waals surface area contributed by atoms with Gasteiger partial charge in [-0.25, -0.2) is 4.79 Å². The van der Waals surface area contributed by atoms with Gasteiger partial charge in [-0.3, -0.25) is 4.79 Å². The first-order valence-electron chi connectivity index (χ1n) is 6.53. The SMILES string of the molecule is COC(=O)C[C@H](NC(=O)OC(C)(C)C)c1ccccc1Br. The van der Waals surface area contributed by atoms with E-state index in [1.807, 2.05) is 24.3 Å². The van der Waals surface area contributed by atoms with Crippen LogP contribution in [-0.2, 0) is 14.3 Å². The van der Waals surface area contributed by atoms with Gasteiger partial charge in [0, 0.05) is 4.47 Å². The van der Waals surface area contributed by atoms with Crippen LogP contribution in [0.5, 0.6) is 0 Å². The molecule has 0 aliphatic rings. The number of alkyl carbamates (subject to hydrolysis) is 1. The molecule has 0 aromatic heterocycles. The lowest BCUT2D eigenvalue weighted by Gasteiger charge is -2.24. The topological polar surface area (TPSA) is 64.6 Å². The maximum atomic E-state index is 11.9. The summed E-state index contributed by atoms with van der Waals surface area (Å²) in [7, 11) is 1.31. The van der Waals surface area contributed by atoms with Crippen molar-refractivity contribution >= 4 is 28.0 Å². The summed E-state index contributed by atoms with van der Waals surface area (Å²) in [6.07, 6.45) is -0.551. The number of methoxy groups -OCH3 is 1. The first-order chi connectivity index (χ1) is 9.73. The van der Waals surface area contributed by atoms with Gasteiger partial charge in [0.15, 0.2) is 0 Å². The maximum absolute atomic E-state index is 11.9. The van der Waals surface area contributed by atoms with E-state index in [4.69, 9.17) is 4.74 Å². The van der Waals surface area contributed by atoms with Gasteiger partial charge in [-0.05, 0) is 32.4 Å². The molecule has 0 radical (unpaired) electrons. The largest absolute Gasteiger partial charge is 0.469 e. The van der Waals surface area contributed by atoms with E-state index < -0.39 is 23.7 Å². The van der Waals surface area contributed by atoms with Gasteiger partial charge in [0.25, 0.3) is 0 Å². The Kier molecular flexibility index (Phi) is 6.20. The third-order valence-corrected chi connectivity index (χ3v) is 3.29. The highest BCUT2D eigenvalue weighted by Crippen LogP contribution is 2.26. The van der Waals surface area contributed by atoms with Crippen LogP contribution in [0.3, 0.4) is 0 Å². The Morgan fingerprint density at radius 3 is 2.43 bits per heavy atom. The Bertz CT molecular complexity index is 511. The number of benzene rings is 1. The third-order valence-electron chi connectivity index (χ3n) is 2.57. The summed E-state index contributed by atoms with van der Waals surface area (Å²) in [5.74, 6) is -0.410. The van der Waals surface area contributed by atoms with Crippen molar-refractivity contribution in [2.45, 2.75) is 38.8 Å². The minimum atomic E-state index is -0.603. The van der Waals surface area contributed by atoms with Crippen LogP contribution in [0.1, 0.15) is 38.8 Å². The Labute approximate surface area is 133 Å². The highest BCUT2D eigenvalue weighted by molar-refractivity contribution is 9.10. The second-order valence-corrected chi connectivity index (χ2v) is 6.35. The van der Waals surface area contributed by atoms with Crippen LogP contribution in [0.4, 0.5) is 4.79 Å². The van der Waals surface area contributed by atoms with Gasteiger partial charge in [-0.1, -0.05) is 34.1 Å². The molecule has 1 N–H and O–H groups in total. The van der Waals surface area contributed by atoms with Crippen molar-refractivity contribution in [1.29, 1.82) is 0 Å². The average molecular weight is 358 g/mol. The van der Waals surface area contributed by atoms with Crippen LogP contribution in [0.15, 0.2) is 28.7 Å². The number of carbonyl (C=O) groups is 2. The van der Waals surface area contributed by atoms with Crippen molar-refractivity contribution in [2.75, 3.05) is 7.11 Å². The molecule has 0 heterocycles. The van der Waals surface area contributed by atoms with E-state index in [0.717, 1.165) is 10.0 Å². The summed E-state index contributed by atoms with van der Waals surface area (Å²) in [4.78, 5) is 23.5. The van der Waals surface area contributed by atoms with E-state index >= 15 is 0 Å². The van der Waals surface area contributed by atoms with E-state index in [1.165, 1.54) is 7.11 Å². The molecule has 1 rings (SSSR count). The van der Waals surface area contributed by atoms with Crippen molar-refractivity contribution in [3.05, 3.63) is 34.3 Å². The van der Waals surface area contributed by atoms with Gasteiger partial charge in [-0.15, -0.1) is 0 Å². The van der Waals surface area contributed by atoms with Gasteiger partial charge < -0.3 is 14.8 Å². The lowest BCUT2D eigenvalue weighted by atomic mass is 10.0. The van der Waals surface area contributed by atoms with Crippen molar-refractivity contribution in [2.24, 2.45) is 0 Å². The fraction of sp³-hybridized carbons (Fsp3) is 0.467. The Hall–Kier alpha value is -1.56. The van der Waals surface area contributed by atoms with Crippen LogP contribution < -0.4 is 5.32 Å². The first kappa shape index (κ1) is 17.5. The molecule has 116 valence electrons. The number of rotatable bonds is 4. The zero-order valence-corrected chi connectivity index (χ0v) is 14.2. The molecule has 1 aromatic rings. The Morgan fingerprint density at radius 1 is 1.29 bits per heavy atom. The second kappa shape index (κ2) is 7.45. The minimum Gasteiger partial charge on any atom is -0.469 e. The number of hydrogen-bond donors (Lipinski definition) is 1. The molecule has 0 fully saturated rings. The minimum absolute atomic E-state index is 0.0261. The lowest BCUT2D eigenvalue weighted by Crippen LogP contribution is -2.36. The summed E-state index contributed by atoms with van der Waals surface area (Å²) < 4.78 is 10.7. The number of hydrogen-bond acceptors (Lipinski definition) is 4. The zero-order valence-electron chi connectivity index (χ0n) is 12.6. The van der Waals surface area contributed by atoms with E-state index in [9.17, 15) is 9.59 Å². The van der Waals surface area contributed by atoms with Gasteiger partial charge in [-0.2, -0.15) is 0 Å². The molecule has 1 amide bonds. The molecule has 5 nitrogen and oxygen atoms in total. The fourth-order valence-corrected chi connectivity index (χ4v) is 2.26. The van der Waals surface area contributed by atoms with Crippen LogP contribution in [-0.4, -0.2) is 24.8 Å². The van der Waals surface area contributed by atoms with E-state index in [2.05, 4.69) is 26.0 Å². The van der Waals surface area contributed by atoms with Crippen molar-refractivity contribution in [3.63, 3.8) is 0 Å². The smallest absolute Gasteiger partial charge is 0.408 e. The fourth-order valence-electron chi connectivity index (χ4n) is 1.70. The number of amides is 1. The predicted molar refractivity (Wildman–Crippen MR) is 82.9 cm³/mol. The quantitative estimate of drug-likeness (QED) is 0.836. The second-order valence-electron chi connectivity index (χ2n) is 5.50. The van der Waals surface area contributed by atoms with Gasteiger partial charge in [0.05, 0.1) is 19.6 Å². The monoisotopic (exact) mass is 357 g/mol. The van der Waals surface area contributed by atoms with Gasteiger partial charge in [0.2, 0.25) is 0 Å². The Morgan fingerprint density at radius 2 is 1.90 bits per heavy atom. The summed E-state index contributed by atoms with van der Waals surface area (Å²) in [6.45, 7) is 5.33. The summed E-state index contributed by atoms with van der Waals surface area (Å²) in [6, 6.07) is 6.84. The van der Waals surface area contributed by atoms with E-state index in [-0.39, 0.29) is 6.42 Å². The number of ether oxygens (including phenoxy) is 2. The molecule has 0 unspecified atom stereocenters. The summed E-state index contributed by atoms with van der Waals surface area (Å²) >= 11 is 3.42. The first-order valence-corrected chi connectivity index (χ1v) is 7.33. The molecule has 0 aliphatic heterocycles. The van der Waals surface area contributed by atoms with Crippen LogP contribution in [0, 0.1) is 0 Å². The molecule has 21 heavy (non-hydrogen) atoms. The predicted octanol–water partition coefficient (Wildman–Crippen LogP) is 3.58. The molecule has 0 saturated carbocycles. The van der Waals surface area contributed by atoms with Gasteiger partial charge in [0.1, 0.15) is 5.60 Å². The van der Waals surface area contributed by atoms with Gasteiger partial charge >= 0.3 is 12.1 Å². The zero-order chi connectivity index (χ0) is 16.0. The molecule has 0 aliphatic carbocycles. The molecule has 0 spiro atoms. The standard InChI is InChI=1S/C15H20BrNO4/c1-15(2,3)21-14(19)17-12(9-13(18)20-4)10-7-5-6-8-11(10)16/h5-8,12H,9H2,1-4H3,(H,17,19)/t12-/m0/s1. The summed E-state index contributed by atoms with van der Waals surface area (Å²) in [5.41, 5.74) is 0.183. The van der Waals surface area contributed by atoms with Crippen LogP contribution in [0.25, 0.3) is 0 Å². The van der Waals surface area contributed by atoms with E-state index in [1.54, 1.807) is 20.8 Å². The maximum Gasteiger partial charge on any atom is 0.408 e. The van der Waals surface area contributed by atoms with E-state index in [0.29, 0.717) is 0 Å². The third kappa shape index (κ3) is 6.16. The van der Waals surface area contributed by atoms with Crippen LogP contribution in [0.2, 0.25) is 0 Å². The number of nitrogens with one attached hydrogen (secondary N) is 1.